The van der Waals surface area contributed by atoms with Gasteiger partial charge in [-0.25, -0.2) is 0 Å². The Morgan fingerprint density at radius 3 is 2.20 bits per heavy atom. The SMILES string of the molecule is C=C(C)[O-].Cc1ccc(S(=O)(=O)OCCC(O)O)cc1. The molecule has 0 aliphatic heterocycles. The van der Waals surface area contributed by atoms with E-state index in [4.69, 9.17) is 10.2 Å². The summed E-state index contributed by atoms with van der Waals surface area (Å²) in [6, 6.07) is 6.22. The maximum atomic E-state index is 11.5. The second-order valence-corrected chi connectivity index (χ2v) is 5.68. The molecule has 0 unspecified atom stereocenters. The number of benzene rings is 1. The lowest BCUT2D eigenvalue weighted by Gasteiger charge is -2.06. The second kappa shape index (κ2) is 8.70. The van der Waals surface area contributed by atoms with Crippen LogP contribution in [0.5, 0.6) is 0 Å². The molecule has 0 amide bonds. The third kappa shape index (κ3) is 8.65. The molecular formula is C13H19O6S-. The minimum atomic E-state index is -3.79. The predicted molar refractivity (Wildman–Crippen MR) is 72.0 cm³/mol. The van der Waals surface area contributed by atoms with Crippen molar-refractivity contribution in [3.05, 3.63) is 42.2 Å². The molecule has 1 aromatic carbocycles. The molecule has 0 saturated carbocycles. The fourth-order valence-electron chi connectivity index (χ4n) is 1.04. The van der Waals surface area contributed by atoms with Gasteiger partial charge in [-0.3, -0.25) is 4.18 Å². The quantitative estimate of drug-likeness (QED) is 0.460. The van der Waals surface area contributed by atoms with E-state index in [1.165, 1.54) is 19.1 Å². The molecule has 6 nitrogen and oxygen atoms in total. The van der Waals surface area contributed by atoms with Gasteiger partial charge >= 0.3 is 0 Å². The Labute approximate surface area is 119 Å². The lowest BCUT2D eigenvalue weighted by molar-refractivity contribution is -0.300. The third-order valence-corrected chi connectivity index (χ3v) is 3.25. The molecule has 0 heterocycles. The van der Waals surface area contributed by atoms with E-state index >= 15 is 0 Å². The molecule has 114 valence electrons. The molecular weight excluding hydrogens is 284 g/mol. The van der Waals surface area contributed by atoms with E-state index < -0.39 is 16.4 Å². The van der Waals surface area contributed by atoms with Crippen molar-refractivity contribution in [1.29, 1.82) is 0 Å². The van der Waals surface area contributed by atoms with Crippen molar-refractivity contribution in [2.75, 3.05) is 6.61 Å². The number of allylic oxidation sites excluding steroid dienone is 1. The van der Waals surface area contributed by atoms with Gasteiger partial charge in [0.15, 0.2) is 6.29 Å². The maximum Gasteiger partial charge on any atom is 0.296 e. The predicted octanol–water partition coefficient (Wildman–Crippen LogP) is 0.281. The topological polar surface area (TPSA) is 107 Å². The van der Waals surface area contributed by atoms with Crippen LogP contribution in [0.2, 0.25) is 0 Å². The van der Waals surface area contributed by atoms with E-state index in [9.17, 15) is 13.5 Å². The average molecular weight is 303 g/mol. The van der Waals surface area contributed by atoms with Crippen LogP contribution >= 0.6 is 0 Å². The molecule has 0 radical (unpaired) electrons. The summed E-state index contributed by atoms with van der Waals surface area (Å²) in [7, 11) is -3.79. The smallest absolute Gasteiger partial charge is 0.296 e. The molecule has 0 spiro atoms. The molecule has 0 bridgehead atoms. The highest BCUT2D eigenvalue weighted by atomic mass is 32.2. The summed E-state index contributed by atoms with van der Waals surface area (Å²) < 4.78 is 27.7. The minimum Gasteiger partial charge on any atom is -0.876 e. The van der Waals surface area contributed by atoms with Crippen molar-refractivity contribution in [3.63, 3.8) is 0 Å². The largest absolute Gasteiger partial charge is 0.876 e. The zero-order valence-electron chi connectivity index (χ0n) is 11.4. The van der Waals surface area contributed by atoms with Crippen molar-refractivity contribution in [2.24, 2.45) is 0 Å². The number of hydrogen-bond acceptors (Lipinski definition) is 6. The lowest BCUT2D eigenvalue weighted by Crippen LogP contribution is -2.13. The van der Waals surface area contributed by atoms with Gasteiger partial charge in [0.05, 0.1) is 11.5 Å². The highest BCUT2D eigenvalue weighted by Crippen LogP contribution is 2.13. The first-order valence-corrected chi connectivity index (χ1v) is 7.20. The van der Waals surface area contributed by atoms with Gasteiger partial charge in [-0.2, -0.15) is 8.42 Å². The first-order valence-electron chi connectivity index (χ1n) is 5.80. The standard InChI is InChI=1S/C10H14O5S.C3H6O/c1-8-2-4-9(5-3-8)16(13,14)15-7-6-10(11)12;1-3(2)4/h2-5,10-12H,6-7H2,1H3;4H,1H2,2H3/p-1. The van der Waals surface area contributed by atoms with Gasteiger partial charge in [-0.05, 0) is 19.1 Å². The zero-order valence-corrected chi connectivity index (χ0v) is 12.3. The molecule has 2 N–H and O–H groups in total. The summed E-state index contributed by atoms with van der Waals surface area (Å²) in [5.41, 5.74) is 0.949. The fourth-order valence-corrected chi connectivity index (χ4v) is 1.96. The Kier molecular flexibility index (Phi) is 8.09. The van der Waals surface area contributed by atoms with E-state index in [0.717, 1.165) is 5.56 Å². The molecule has 20 heavy (non-hydrogen) atoms. The summed E-state index contributed by atoms with van der Waals surface area (Å²) in [5.74, 6) is -0.0833. The highest BCUT2D eigenvalue weighted by molar-refractivity contribution is 7.86. The number of rotatable bonds is 5. The highest BCUT2D eigenvalue weighted by Gasteiger charge is 2.14. The summed E-state index contributed by atoms with van der Waals surface area (Å²) in [5, 5.41) is 26.4. The Morgan fingerprint density at radius 2 is 1.80 bits per heavy atom. The number of aryl methyl sites for hydroxylation is 1. The number of hydrogen-bond donors (Lipinski definition) is 2. The van der Waals surface area contributed by atoms with Crippen molar-refractivity contribution in [1.82, 2.24) is 0 Å². The van der Waals surface area contributed by atoms with Crippen molar-refractivity contribution >= 4 is 10.1 Å². The fraction of sp³-hybridized carbons (Fsp3) is 0.385. The van der Waals surface area contributed by atoms with Crippen LogP contribution in [0, 0.1) is 6.92 Å². The van der Waals surface area contributed by atoms with E-state index in [0.29, 0.717) is 0 Å². The van der Waals surface area contributed by atoms with Crippen molar-refractivity contribution < 1.29 is 27.9 Å². The Hall–Kier alpha value is -1.41. The van der Waals surface area contributed by atoms with Crippen LogP contribution in [0.25, 0.3) is 0 Å². The van der Waals surface area contributed by atoms with Crippen LogP contribution in [-0.4, -0.2) is 31.5 Å². The van der Waals surface area contributed by atoms with Crippen LogP contribution < -0.4 is 5.11 Å². The molecule has 1 rings (SSSR count). The molecule has 0 aromatic heterocycles. The zero-order chi connectivity index (χ0) is 15.8. The Morgan fingerprint density at radius 1 is 1.35 bits per heavy atom. The van der Waals surface area contributed by atoms with Crippen molar-refractivity contribution in [2.45, 2.75) is 31.5 Å². The minimum absolute atomic E-state index is 0.0607. The van der Waals surface area contributed by atoms with Gasteiger partial charge in [0.1, 0.15) is 0 Å². The van der Waals surface area contributed by atoms with Crippen LogP contribution in [0.4, 0.5) is 0 Å². The van der Waals surface area contributed by atoms with Crippen LogP contribution in [0.3, 0.4) is 0 Å². The van der Waals surface area contributed by atoms with E-state index in [-0.39, 0.29) is 23.7 Å². The van der Waals surface area contributed by atoms with E-state index in [2.05, 4.69) is 10.8 Å². The molecule has 0 fully saturated rings. The summed E-state index contributed by atoms with van der Waals surface area (Å²) >= 11 is 0. The monoisotopic (exact) mass is 303 g/mol. The first-order chi connectivity index (χ1) is 9.15. The molecule has 7 heteroatoms. The summed E-state index contributed by atoms with van der Waals surface area (Å²) in [6.45, 7) is 6.01. The van der Waals surface area contributed by atoms with Gasteiger partial charge in [-0.1, -0.05) is 24.6 Å². The van der Waals surface area contributed by atoms with Crippen molar-refractivity contribution in [3.8, 4) is 0 Å². The molecule has 0 aliphatic carbocycles. The number of aliphatic hydroxyl groups excluding tert-OH is 1. The second-order valence-electron chi connectivity index (χ2n) is 4.06. The molecule has 0 atom stereocenters. The summed E-state index contributed by atoms with van der Waals surface area (Å²) in [4.78, 5) is 0.0607. The Bertz CT molecular complexity index is 500. The van der Waals surface area contributed by atoms with E-state index in [1.54, 1.807) is 12.1 Å². The van der Waals surface area contributed by atoms with Crippen LogP contribution in [0.1, 0.15) is 18.9 Å². The number of aliphatic hydroxyl groups is 2. The summed E-state index contributed by atoms with van der Waals surface area (Å²) in [6.07, 6.45) is -1.71. The molecule has 1 aromatic rings. The average Bonchev–Trinajstić information content (AvgIpc) is 2.27. The van der Waals surface area contributed by atoms with Gasteiger partial charge in [0.25, 0.3) is 10.1 Å². The molecule has 0 saturated heterocycles. The van der Waals surface area contributed by atoms with Crippen LogP contribution in [-0.2, 0) is 14.3 Å². The molecule has 0 aliphatic rings. The van der Waals surface area contributed by atoms with Gasteiger partial charge < -0.3 is 15.3 Å². The normalized spacial score (nSPS) is 10.8. The van der Waals surface area contributed by atoms with Crippen LogP contribution in [0.15, 0.2) is 41.5 Å². The van der Waals surface area contributed by atoms with Gasteiger partial charge in [-0.15, -0.1) is 12.3 Å². The van der Waals surface area contributed by atoms with Gasteiger partial charge in [0, 0.05) is 6.42 Å². The maximum absolute atomic E-state index is 11.5. The third-order valence-electron chi connectivity index (χ3n) is 1.92. The Balaban J connectivity index is 0.000000796. The van der Waals surface area contributed by atoms with Gasteiger partial charge in [0.2, 0.25) is 0 Å². The van der Waals surface area contributed by atoms with E-state index in [1.807, 2.05) is 6.92 Å². The first kappa shape index (κ1) is 18.6. The lowest BCUT2D eigenvalue weighted by atomic mass is 10.2.